The lowest BCUT2D eigenvalue weighted by molar-refractivity contribution is 0.485. The summed E-state index contributed by atoms with van der Waals surface area (Å²) in [6, 6.07) is 17.7. The van der Waals surface area contributed by atoms with Crippen LogP contribution in [-0.2, 0) is 0 Å². The molecule has 0 spiro atoms. The van der Waals surface area contributed by atoms with E-state index in [2.05, 4.69) is 67.8 Å². The van der Waals surface area contributed by atoms with Crippen LogP contribution in [-0.4, -0.2) is 5.75 Å². The number of nitrogens with one attached hydrogen (secondary N) is 1. The monoisotopic (exact) mass is 298 g/mol. The Morgan fingerprint density at radius 2 is 1.71 bits per heavy atom. The Kier molecular flexibility index (Phi) is 4.34. The van der Waals surface area contributed by atoms with E-state index in [1.165, 1.54) is 21.6 Å². The smallest absolute Gasteiger partial charge is 0.0536 e. The summed E-state index contributed by atoms with van der Waals surface area (Å²) in [5, 5.41) is 0. The average Bonchev–Trinajstić information content (AvgIpc) is 2.93. The van der Waals surface area contributed by atoms with E-state index in [1.54, 1.807) is 0 Å². The Morgan fingerprint density at radius 1 is 1.05 bits per heavy atom. The fourth-order valence-corrected chi connectivity index (χ4v) is 4.29. The van der Waals surface area contributed by atoms with E-state index in [9.17, 15) is 0 Å². The van der Waals surface area contributed by atoms with Crippen LogP contribution in [0, 0.1) is 0 Å². The van der Waals surface area contributed by atoms with Crippen LogP contribution in [0.5, 0.6) is 0 Å². The molecule has 21 heavy (non-hydrogen) atoms. The minimum absolute atomic E-state index is 0.169. The third-order valence-corrected chi connectivity index (χ3v) is 5.49. The van der Waals surface area contributed by atoms with Crippen molar-refractivity contribution in [3.05, 3.63) is 65.2 Å². The van der Waals surface area contributed by atoms with Gasteiger partial charge in [-0.1, -0.05) is 56.3 Å². The molecule has 0 bridgehead atoms. The molecule has 3 rings (SSSR count). The number of rotatable bonds is 4. The molecule has 1 heterocycles. The molecule has 0 aromatic heterocycles. The summed E-state index contributed by atoms with van der Waals surface area (Å²) in [5.74, 6) is 7.96. The maximum atomic E-state index is 5.88. The summed E-state index contributed by atoms with van der Waals surface area (Å²) in [5.41, 5.74) is 7.09. The summed E-state index contributed by atoms with van der Waals surface area (Å²) in [6.45, 7) is 4.44. The van der Waals surface area contributed by atoms with E-state index in [4.69, 9.17) is 5.84 Å². The molecule has 1 aliphatic rings. The lowest BCUT2D eigenvalue weighted by Gasteiger charge is -2.24. The third kappa shape index (κ3) is 2.86. The van der Waals surface area contributed by atoms with Crippen LogP contribution in [0.25, 0.3) is 0 Å². The molecule has 3 N–H and O–H groups in total. The summed E-state index contributed by atoms with van der Waals surface area (Å²) < 4.78 is 0. The van der Waals surface area contributed by atoms with Gasteiger partial charge in [0.2, 0.25) is 0 Å². The van der Waals surface area contributed by atoms with Gasteiger partial charge in [-0.3, -0.25) is 11.3 Å². The third-order valence-electron chi connectivity index (χ3n) is 4.28. The normalized spacial score (nSPS) is 18.8. The molecule has 0 amide bonds. The summed E-state index contributed by atoms with van der Waals surface area (Å²) >= 11 is 1.93. The van der Waals surface area contributed by atoms with Crippen LogP contribution in [0.2, 0.25) is 0 Å². The van der Waals surface area contributed by atoms with E-state index in [-0.39, 0.29) is 6.04 Å². The van der Waals surface area contributed by atoms with E-state index in [0.29, 0.717) is 11.8 Å². The van der Waals surface area contributed by atoms with Gasteiger partial charge in [0, 0.05) is 16.6 Å². The van der Waals surface area contributed by atoms with Crippen LogP contribution < -0.4 is 11.3 Å². The Balaban J connectivity index is 1.89. The number of hydrogen-bond acceptors (Lipinski definition) is 3. The Morgan fingerprint density at radius 3 is 2.38 bits per heavy atom. The van der Waals surface area contributed by atoms with Gasteiger partial charge < -0.3 is 0 Å². The largest absolute Gasteiger partial charge is 0.271 e. The molecule has 1 aliphatic heterocycles. The van der Waals surface area contributed by atoms with Gasteiger partial charge in [-0.2, -0.15) is 0 Å². The second-order valence-electron chi connectivity index (χ2n) is 5.92. The fraction of sp³-hybridized carbons (Fsp3) is 0.333. The van der Waals surface area contributed by atoms with Crippen molar-refractivity contribution >= 4 is 11.8 Å². The fourth-order valence-electron chi connectivity index (χ4n) is 3.00. The molecule has 110 valence electrons. The first-order chi connectivity index (χ1) is 10.2. The van der Waals surface area contributed by atoms with Crippen molar-refractivity contribution in [3.63, 3.8) is 0 Å². The molecule has 0 fully saturated rings. The highest BCUT2D eigenvalue weighted by Crippen LogP contribution is 2.45. The molecule has 2 nitrogen and oxygen atoms in total. The van der Waals surface area contributed by atoms with Gasteiger partial charge in [-0.05, 0) is 28.7 Å². The van der Waals surface area contributed by atoms with E-state index >= 15 is 0 Å². The molecule has 0 saturated heterocycles. The molecule has 2 atom stereocenters. The molecule has 2 unspecified atom stereocenters. The highest BCUT2D eigenvalue weighted by atomic mass is 32.2. The Labute approximate surface area is 131 Å². The van der Waals surface area contributed by atoms with Gasteiger partial charge in [-0.15, -0.1) is 11.8 Å². The van der Waals surface area contributed by atoms with Gasteiger partial charge in [0.15, 0.2) is 0 Å². The molecule has 3 heteroatoms. The predicted octanol–water partition coefficient (Wildman–Crippen LogP) is 4.20. The van der Waals surface area contributed by atoms with Gasteiger partial charge in [-0.25, -0.2) is 0 Å². The number of fused-ring (bicyclic) bond motifs is 1. The van der Waals surface area contributed by atoms with Gasteiger partial charge in [0.25, 0.3) is 0 Å². The zero-order valence-electron chi connectivity index (χ0n) is 12.5. The van der Waals surface area contributed by atoms with E-state index in [0.717, 1.165) is 5.75 Å². The molecular formula is C18H22N2S. The quantitative estimate of drug-likeness (QED) is 0.656. The molecule has 0 aliphatic carbocycles. The van der Waals surface area contributed by atoms with Crippen molar-refractivity contribution in [1.29, 1.82) is 0 Å². The lowest BCUT2D eigenvalue weighted by atomic mass is 9.88. The number of hydrogen-bond donors (Lipinski definition) is 2. The predicted molar refractivity (Wildman–Crippen MR) is 90.5 cm³/mol. The van der Waals surface area contributed by atoms with Crippen molar-refractivity contribution in [1.82, 2.24) is 5.43 Å². The summed E-state index contributed by atoms with van der Waals surface area (Å²) in [6.07, 6.45) is 0. The zero-order valence-corrected chi connectivity index (χ0v) is 13.4. The minimum Gasteiger partial charge on any atom is -0.271 e. The standard InChI is InChI=1S/C18H22N2S/c1-12(2)13-7-9-14(10-8-13)18(20-19)16-11-21-17-6-4-3-5-15(16)17/h3-10,12,16,18,20H,11,19H2,1-2H3. The SMILES string of the molecule is CC(C)c1ccc(C(NN)C2CSc3ccccc32)cc1. The minimum atomic E-state index is 0.169. The van der Waals surface area contributed by atoms with Crippen molar-refractivity contribution in [3.8, 4) is 0 Å². The number of thioether (sulfide) groups is 1. The average molecular weight is 298 g/mol. The maximum Gasteiger partial charge on any atom is 0.0536 e. The highest BCUT2D eigenvalue weighted by molar-refractivity contribution is 7.99. The summed E-state index contributed by atoms with van der Waals surface area (Å²) in [7, 11) is 0. The van der Waals surface area contributed by atoms with E-state index in [1.807, 2.05) is 11.8 Å². The molecule has 2 aromatic rings. The van der Waals surface area contributed by atoms with Crippen molar-refractivity contribution in [2.45, 2.75) is 36.6 Å². The Bertz CT molecular complexity index is 607. The van der Waals surface area contributed by atoms with Crippen LogP contribution >= 0.6 is 11.8 Å². The van der Waals surface area contributed by atoms with Gasteiger partial charge in [0.05, 0.1) is 6.04 Å². The zero-order chi connectivity index (χ0) is 14.8. The van der Waals surface area contributed by atoms with Crippen LogP contribution in [0.3, 0.4) is 0 Å². The second-order valence-corrected chi connectivity index (χ2v) is 6.98. The van der Waals surface area contributed by atoms with Crippen LogP contribution in [0.15, 0.2) is 53.4 Å². The molecule has 2 aromatic carbocycles. The topological polar surface area (TPSA) is 38.0 Å². The summed E-state index contributed by atoms with van der Waals surface area (Å²) in [4.78, 5) is 1.39. The van der Waals surface area contributed by atoms with Crippen LogP contribution in [0.1, 0.15) is 48.4 Å². The second kappa shape index (κ2) is 6.22. The first-order valence-corrected chi connectivity index (χ1v) is 8.47. The van der Waals surface area contributed by atoms with Crippen molar-refractivity contribution in [2.24, 2.45) is 5.84 Å². The number of nitrogens with two attached hydrogens (primary N) is 1. The van der Waals surface area contributed by atoms with Gasteiger partial charge >= 0.3 is 0 Å². The lowest BCUT2D eigenvalue weighted by Crippen LogP contribution is -2.32. The first-order valence-electron chi connectivity index (χ1n) is 7.48. The highest BCUT2D eigenvalue weighted by Gasteiger charge is 2.30. The number of benzene rings is 2. The molecular weight excluding hydrogens is 276 g/mol. The van der Waals surface area contributed by atoms with Crippen LogP contribution in [0.4, 0.5) is 0 Å². The maximum absolute atomic E-state index is 5.88. The van der Waals surface area contributed by atoms with Crippen molar-refractivity contribution < 1.29 is 0 Å². The van der Waals surface area contributed by atoms with Gasteiger partial charge in [0.1, 0.15) is 0 Å². The van der Waals surface area contributed by atoms with Crippen molar-refractivity contribution in [2.75, 3.05) is 5.75 Å². The molecule has 0 radical (unpaired) electrons. The van der Waals surface area contributed by atoms with E-state index < -0.39 is 0 Å². The molecule has 0 saturated carbocycles. The first kappa shape index (κ1) is 14.6. The number of hydrazine groups is 1. The Hall–Kier alpha value is -1.29.